The SMILES string of the molecule is CN1C=C[Se]C1. The van der Waals surface area contributed by atoms with Crippen LogP contribution in [0.3, 0.4) is 0 Å². The fraction of sp³-hybridized carbons (Fsp3) is 0.500. The number of hydrogen-bond acceptors (Lipinski definition) is 1. The molecule has 0 aromatic heterocycles. The summed E-state index contributed by atoms with van der Waals surface area (Å²) in [5.74, 6) is 0. The van der Waals surface area contributed by atoms with Crippen molar-refractivity contribution in [2.24, 2.45) is 0 Å². The van der Waals surface area contributed by atoms with Crippen LogP contribution in [0.4, 0.5) is 0 Å². The first kappa shape index (κ1) is 4.22. The second-order valence-electron chi connectivity index (χ2n) is 1.34. The summed E-state index contributed by atoms with van der Waals surface area (Å²) in [6.07, 6.45) is 2.14. The topological polar surface area (TPSA) is 3.24 Å². The number of rotatable bonds is 0. The molecule has 0 bridgehead atoms. The van der Waals surface area contributed by atoms with Gasteiger partial charge < -0.3 is 0 Å². The standard InChI is InChI=1S/C4H7NSe/c1-5-2-3-6-4-5/h2-3H,4H2,1H3. The van der Waals surface area contributed by atoms with Gasteiger partial charge in [-0.3, -0.25) is 0 Å². The van der Waals surface area contributed by atoms with E-state index in [9.17, 15) is 0 Å². The normalized spacial score (nSPS) is 19.8. The van der Waals surface area contributed by atoms with E-state index in [2.05, 4.69) is 23.1 Å². The van der Waals surface area contributed by atoms with Crippen LogP contribution in [0.5, 0.6) is 0 Å². The number of hydrogen-bond donors (Lipinski definition) is 0. The van der Waals surface area contributed by atoms with Gasteiger partial charge in [-0.05, 0) is 0 Å². The summed E-state index contributed by atoms with van der Waals surface area (Å²) >= 11 is 0.786. The van der Waals surface area contributed by atoms with Crippen molar-refractivity contribution >= 4 is 15.0 Å². The molecule has 0 N–H and O–H groups in total. The van der Waals surface area contributed by atoms with E-state index in [1.165, 1.54) is 5.44 Å². The fourth-order valence-corrected chi connectivity index (χ4v) is 1.82. The molecule has 0 unspecified atom stereocenters. The van der Waals surface area contributed by atoms with Gasteiger partial charge in [-0.15, -0.1) is 0 Å². The summed E-state index contributed by atoms with van der Waals surface area (Å²) in [6.45, 7) is 0. The molecule has 0 aliphatic carbocycles. The van der Waals surface area contributed by atoms with Gasteiger partial charge in [-0.1, -0.05) is 0 Å². The monoisotopic (exact) mass is 149 g/mol. The molecule has 0 spiro atoms. The molecule has 1 aliphatic rings. The summed E-state index contributed by atoms with van der Waals surface area (Å²) in [4.78, 5) is 4.45. The van der Waals surface area contributed by atoms with Crippen LogP contribution in [0.2, 0.25) is 0 Å². The predicted octanol–water partition coefficient (Wildman–Crippen LogP) is 0.0647. The summed E-state index contributed by atoms with van der Waals surface area (Å²) in [7, 11) is 2.10. The van der Waals surface area contributed by atoms with Crippen LogP contribution in [-0.4, -0.2) is 32.3 Å². The molecule has 2 heteroatoms. The van der Waals surface area contributed by atoms with Gasteiger partial charge in [0.2, 0.25) is 0 Å². The van der Waals surface area contributed by atoms with Crippen LogP contribution in [0.25, 0.3) is 0 Å². The molecule has 6 heavy (non-hydrogen) atoms. The number of nitrogens with zero attached hydrogens (tertiary/aromatic N) is 1. The molecule has 1 nitrogen and oxygen atoms in total. The van der Waals surface area contributed by atoms with Crippen LogP contribution in [0, 0.1) is 0 Å². The zero-order chi connectivity index (χ0) is 4.41. The Morgan fingerprint density at radius 2 is 2.67 bits per heavy atom. The van der Waals surface area contributed by atoms with Gasteiger partial charge in [0, 0.05) is 0 Å². The van der Waals surface area contributed by atoms with Crippen LogP contribution in [0.1, 0.15) is 0 Å². The second kappa shape index (κ2) is 1.67. The Hall–Kier alpha value is 0.0595. The quantitative estimate of drug-likeness (QED) is 0.439. The van der Waals surface area contributed by atoms with Gasteiger partial charge in [-0.2, -0.15) is 0 Å². The molecule has 1 aliphatic heterocycles. The van der Waals surface area contributed by atoms with E-state index in [0.717, 1.165) is 15.0 Å². The predicted molar refractivity (Wildman–Crippen MR) is 27.5 cm³/mol. The first-order valence-corrected chi connectivity index (χ1v) is 4.08. The second-order valence-corrected chi connectivity index (χ2v) is 3.15. The molecular formula is C4H7NSe. The molecule has 0 saturated heterocycles. The van der Waals surface area contributed by atoms with E-state index in [4.69, 9.17) is 0 Å². The van der Waals surface area contributed by atoms with Crippen molar-refractivity contribution in [1.29, 1.82) is 0 Å². The van der Waals surface area contributed by atoms with E-state index >= 15 is 0 Å². The Bertz CT molecular complexity index is 69.9. The molecule has 0 aromatic carbocycles. The third-order valence-electron chi connectivity index (χ3n) is 0.690. The first-order chi connectivity index (χ1) is 2.89. The molecule has 0 radical (unpaired) electrons. The molecule has 1 heterocycles. The van der Waals surface area contributed by atoms with E-state index in [-0.39, 0.29) is 0 Å². The minimum atomic E-state index is 0.786. The van der Waals surface area contributed by atoms with Gasteiger partial charge in [0.15, 0.2) is 0 Å². The van der Waals surface area contributed by atoms with E-state index in [1.54, 1.807) is 0 Å². The average Bonchev–Trinajstić information content (AvgIpc) is 1.86. The van der Waals surface area contributed by atoms with Crippen molar-refractivity contribution in [3.05, 3.63) is 11.2 Å². The van der Waals surface area contributed by atoms with Crippen LogP contribution >= 0.6 is 0 Å². The third-order valence-corrected chi connectivity index (χ3v) is 2.52. The molecule has 0 saturated carbocycles. The summed E-state index contributed by atoms with van der Waals surface area (Å²) < 4.78 is 0. The molecule has 0 amide bonds. The van der Waals surface area contributed by atoms with E-state index in [0.29, 0.717) is 0 Å². The average molecular weight is 148 g/mol. The third kappa shape index (κ3) is 0.762. The maximum absolute atomic E-state index is 2.24. The molecule has 34 valence electrons. The molecule has 0 aromatic rings. The minimum absolute atomic E-state index is 0.786. The van der Waals surface area contributed by atoms with Gasteiger partial charge >= 0.3 is 43.5 Å². The summed E-state index contributed by atoms with van der Waals surface area (Å²) in [6, 6.07) is 0. The first-order valence-electron chi connectivity index (χ1n) is 1.88. The molecule has 1 rings (SSSR count). The van der Waals surface area contributed by atoms with Gasteiger partial charge in [-0.25, -0.2) is 0 Å². The fourth-order valence-electron chi connectivity index (χ4n) is 0.351. The van der Waals surface area contributed by atoms with E-state index in [1.807, 2.05) is 0 Å². The zero-order valence-electron chi connectivity index (χ0n) is 3.72. The van der Waals surface area contributed by atoms with Crippen LogP contribution in [-0.2, 0) is 0 Å². The van der Waals surface area contributed by atoms with E-state index < -0.39 is 0 Å². The van der Waals surface area contributed by atoms with Crippen LogP contribution in [0.15, 0.2) is 11.2 Å². The van der Waals surface area contributed by atoms with Crippen LogP contribution < -0.4 is 0 Å². The molecule has 0 atom stereocenters. The molecular weight excluding hydrogens is 141 g/mol. The van der Waals surface area contributed by atoms with Gasteiger partial charge in [0.1, 0.15) is 0 Å². The van der Waals surface area contributed by atoms with Crippen molar-refractivity contribution in [3.63, 3.8) is 0 Å². The Balaban J connectivity index is 2.38. The Kier molecular flexibility index (Phi) is 1.18. The van der Waals surface area contributed by atoms with Gasteiger partial charge in [0.25, 0.3) is 0 Å². The van der Waals surface area contributed by atoms with Crippen molar-refractivity contribution in [2.45, 2.75) is 0 Å². The Labute approximate surface area is 44.2 Å². The summed E-state index contributed by atoms with van der Waals surface area (Å²) in [5.41, 5.74) is 1.27. The Morgan fingerprint density at radius 1 is 1.83 bits per heavy atom. The van der Waals surface area contributed by atoms with Crippen molar-refractivity contribution in [3.8, 4) is 0 Å². The Morgan fingerprint density at radius 3 is 2.83 bits per heavy atom. The van der Waals surface area contributed by atoms with Crippen molar-refractivity contribution < 1.29 is 0 Å². The zero-order valence-corrected chi connectivity index (χ0v) is 5.43. The van der Waals surface area contributed by atoms with Crippen molar-refractivity contribution in [1.82, 2.24) is 4.90 Å². The van der Waals surface area contributed by atoms with Crippen molar-refractivity contribution in [2.75, 3.05) is 12.5 Å². The molecule has 0 fully saturated rings. The maximum atomic E-state index is 2.24. The summed E-state index contributed by atoms with van der Waals surface area (Å²) in [5, 5.41) is 0. The van der Waals surface area contributed by atoms with Gasteiger partial charge in [0.05, 0.1) is 0 Å².